The first-order valence-electron chi connectivity index (χ1n) is 4.44. The van der Waals surface area contributed by atoms with Gasteiger partial charge in [-0.1, -0.05) is 11.8 Å². The van der Waals surface area contributed by atoms with Crippen LogP contribution in [-0.2, 0) is 0 Å². The molecule has 0 saturated carbocycles. The Morgan fingerprint density at radius 2 is 2.31 bits per heavy atom. The van der Waals surface area contributed by atoms with Crippen LogP contribution in [0, 0.1) is 6.92 Å². The number of carboxylic acids is 1. The lowest BCUT2D eigenvalue weighted by Crippen LogP contribution is -2.01. The molecule has 2 rings (SSSR count). The summed E-state index contributed by atoms with van der Waals surface area (Å²) in [4.78, 5) is 19.4. The number of aromatic carboxylic acids is 1. The second-order valence-electron chi connectivity index (χ2n) is 2.99. The summed E-state index contributed by atoms with van der Waals surface area (Å²) in [5, 5.41) is 9.29. The van der Waals surface area contributed by atoms with Crippen LogP contribution in [0.5, 0.6) is 0 Å². The van der Waals surface area contributed by atoms with Crippen molar-refractivity contribution in [3.05, 3.63) is 36.2 Å². The minimum absolute atomic E-state index is 0.0638. The second kappa shape index (κ2) is 4.36. The number of furan rings is 1. The number of hydrogen-bond donors (Lipinski definition) is 1. The zero-order valence-electron chi connectivity index (χ0n) is 8.38. The number of carbonyl (C=O) groups is 1. The second-order valence-corrected chi connectivity index (χ2v) is 4.05. The standard InChI is InChI=1S/C10H8N2O3S/c1-6-8(2-3-15-6)16-9-5-11-4-7(12-9)10(13)14/h2-5H,1H3,(H,13,14). The molecule has 82 valence electrons. The molecular weight excluding hydrogens is 228 g/mol. The van der Waals surface area contributed by atoms with Crippen molar-refractivity contribution in [1.29, 1.82) is 0 Å². The van der Waals surface area contributed by atoms with E-state index in [0.717, 1.165) is 10.7 Å². The van der Waals surface area contributed by atoms with Gasteiger partial charge in [0.25, 0.3) is 0 Å². The third-order valence-electron chi connectivity index (χ3n) is 1.86. The van der Waals surface area contributed by atoms with Crippen LogP contribution >= 0.6 is 11.8 Å². The Morgan fingerprint density at radius 3 is 2.94 bits per heavy atom. The predicted octanol–water partition coefficient (Wildman–Crippen LogP) is 2.23. The Labute approximate surface area is 95.5 Å². The Kier molecular flexibility index (Phi) is 2.91. The lowest BCUT2D eigenvalue weighted by molar-refractivity contribution is 0.0689. The van der Waals surface area contributed by atoms with Gasteiger partial charge in [-0.15, -0.1) is 0 Å². The highest BCUT2D eigenvalue weighted by Gasteiger charge is 2.09. The normalized spacial score (nSPS) is 10.3. The molecule has 0 radical (unpaired) electrons. The molecule has 0 amide bonds. The van der Waals surface area contributed by atoms with Gasteiger partial charge in [0.1, 0.15) is 10.8 Å². The molecule has 0 bridgehead atoms. The number of aryl methyl sites for hydroxylation is 1. The maximum atomic E-state index is 10.7. The predicted molar refractivity (Wildman–Crippen MR) is 56.6 cm³/mol. The van der Waals surface area contributed by atoms with Crippen molar-refractivity contribution in [3.8, 4) is 0 Å². The largest absolute Gasteiger partial charge is 0.476 e. The monoisotopic (exact) mass is 236 g/mol. The van der Waals surface area contributed by atoms with Crippen molar-refractivity contribution in [3.63, 3.8) is 0 Å². The van der Waals surface area contributed by atoms with E-state index in [-0.39, 0.29) is 5.69 Å². The Morgan fingerprint density at radius 1 is 1.50 bits per heavy atom. The summed E-state index contributed by atoms with van der Waals surface area (Å²) in [7, 11) is 0. The number of aromatic nitrogens is 2. The van der Waals surface area contributed by atoms with Gasteiger partial charge < -0.3 is 9.52 Å². The average molecular weight is 236 g/mol. The Bertz CT molecular complexity index is 524. The molecule has 1 N–H and O–H groups in total. The van der Waals surface area contributed by atoms with Gasteiger partial charge in [-0.2, -0.15) is 0 Å². The van der Waals surface area contributed by atoms with Crippen molar-refractivity contribution >= 4 is 17.7 Å². The lowest BCUT2D eigenvalue weighted by atomic mass is 10.5. The number of nitrogens with zero attached hydrogens (tertiary/aromatic N) is 2. The van der Waals surface area contributed by atoms with Gasteiger partial charge >= 0.3 is 5.97 Å². The third kappa shape index (κ3) is 2.22. The Hall–Kier alpha value is -1.82. The van der Waals surface area contributed by atoms with Gasteiger partial charge in [0.15, 0.2) is 5.69 Å². The minimum Gasteiger partial charge on any atom is -0.476 e. The first-order valence-corrected chi connectivity index (χ1v) is 5.26. The van der Waals surface area contributed by atoms with Gasteiger partial charge in [0, 0.05) is 0 Å². The van der Waals surface area contributed by atoms with Crippen LogP contribution in [0.15, 0.2) is 39.1 Å². The summed E-state index contributed by atoms with van der Waals surface area (Å²) in [6, 6.07) is 1.80. The number of rotatable bonds is 3. The average Bonchev–Trinajstić information content (AvgIpc) is 2.65. The first-order chi connectivity index (χ1) is 7.66. The van der Waals surface area contributed by atoms with Crippen LogP contribution < -0.4 is 0 Å². The molecule has 2 heterocycles. The lowest BCUT2D eigenvalue weighted by Gasteiger charge is -1.99. The first kappa shape index (κ1) is 10.7. The van der Waals surface area contributed by atoms with E-state index in [4.69, 9.17) is 9.52 Å². The fraction of sp³-hybridized carbons (Fsp3) is 0.100. The smallest absolute Gasteiger partial charge is 0.356 e. The molecule has 0 aliphatic rings. The quantitative estimate of drug-likeness (QED) is 0.880. The molecule has 0 aromatic carbocycles. The van der Waals surface area contributed by atoms with E-state index in [2.05, 4.69) is 9.97 Å². The van der Waals surface area contributed by atoms with Gasteiger partial charge in [-0.05, 0) is 13.0 Å². The van der Waals surface area contributed by atoms with Crippen LogP contribution in [0.3, 0.4) is 0 Å². The van der Waals surface area contributed by atoms with E-state index in [1.54, 1.807) is 12.3 Å². The molecule has 6 heteroatoms. The number of hydrogen-bond acceptors (Lipinski definition) is 5. The summed E-state index contributed by atoms with van der Waals surface area (Å²) in [6.45, 7) is 1.83. The summed E-state index contributed by atoms with van der Waals surface area (Å²) in [5.74, 6) is -0.314. The minimum atomic E-state index is -1.08. The maximum absolute atomic E-state index is 10.7. The molecule has 0 spiro atoms. The molecule has 0 unspecified atom stereocenters. The van der Waals surface area contributed by atoms with Crippen molar-refractivity contribution in [2.24, 2.45) is 0 Å². The van der Waals surface area contributed by atoms with Gasteiger partial charge in [0.2, 0.25) is 0 Å². The Balaban J connectivity index is 2.25. The van der Waals surface area contributed by atoms with Crippen LogP contribution in [0.1, 0.15) is 16.2 Å². The van der Waals surface area contributed by atoms with Crippen LogP contribution in [0.25, 0.3) is 0 Å². The topological polar surface area (TPSA) is 76.2 Å². The van der Waals surface area contributed by atoms with Crippen molar-refractivity contribution in [2.75, 3.05) is 0 Å². The fourth-order valence-corrected chi connectivity index (χ4v) is 1.89. The molecule has 0 saturated heterocycles. The van der Waals surface area contributed by atoms with Gasteiger partial charge in [-0.25, -0.2) is 9.78 Å². The summed E-state index contributed by atoms with van der Waals surface area (Å²) in [6.07, 6.45) is 4.31. The van der Waals surface area contributed by atoms with Crippen molar-refractivity contribution in [2.45, 2.75) is 16.8 Å². The van der Waals surface area contributed by atoms with Gasteiger partial charge in [-0.3, -0.25) is 4.98 Å². The molecule has 0 aliphatic heterocycles. The van der Waals surface area contributed by atoms with Crippen molar-refractivity contribution < 1.29 is 14.3 Å². The van der Waals surface area contributed by atoms with E-state index >= 15 is 0 Å². The summed E-state index contributed by atoms with van der Waals surface area (Å²) < 4.78 is 5.13. The zero-order valence-corrected chi connectivity index (χ0v) is 9.19. The van der Waals surface area contributed by atoms with Gasteiger partial charge in [0.05, 0.1) is 23.6 Å². The highest BCUT2D eigenvalue weighted by Crippen LogP contribution is 2.28. The van der Waals surface area contributed by atoms with E-state index < -0.39 is 5.97 Å². The van der Waals surface area contributed by atoms with E-state index in [9.17, 15) is 4.79 Å². The fourth-order valence-electron chi connectivity index (χ4n) is 1.09. The van der Waals surface area contributed by atoms with Crippen molar-refractivity contribution in [1.82, 2.24) is 9.97 Å². The van der Waals surface area contributed by atoms with Crippen LogP contribution in [-0.4, -0.2) is 21.0 Å². The molecular formula is C10H8N2O3S. The maximum Gasteiger partial charge on any atom is 0.356 e. The molecule has 2 aromatic heterocycles. The molecule has 0 fully saturated rings. The molecule has 0 aliphatic carbocycles. The van der Waals surface area contributed by atoms with Crippen LogP contribution in [0.4, 0.5) is 0 Å². The SMILES string of the molecule is Cc1occc1Sc1cncc(C(=O)O)n1. The highest BCUT2D eigenvalue weighted by atomic mass is 32.2. The van der Waals surface area contributed by atoms with E-state index in [0.29, 0.717) is 5.03 Å². The number of carboxylic acid groups (broad SMARTS) is 1. The van der Waals surface area contributed by atoms with E-state index in [1.807, 2.05) is 6.92 Å². The molecule has 2 aromatic rings. The molecule has 5 nitrogen and oxygen atoms in total. The summed E-state index contributed by atoms with van der Waals surface area (Å²) in [5.41, 5.74) is -0.0638. The van der Waals surface area contributed by atoms with E-state index in [1.165, 1.54) is 24.2 Å². The molecule has 0 atom stereocenters. The van der Waals surface area contributed by atoms with Crippen LogP contribution in [0.2, 0.25) is 0 Å². The zero-order chi connectivity index (χ0) is 11.5. The third-order valence-corrected chi connectivity index (χ3v) is 2.91. The highest BCUT2D eigenvalue weighted by molar-refractivity contribution is 7.99. The molecule has 16 heavy (non-hydrogen) atoms. The summed E-state index contributed by atoms with van der Waals surface area (Å²) >= 11 is 1.32.